The quantitative estimate of drug-likeness (QED) is 0.755. The Balaban J connectivity index is 1.18. The van der Waals surface area contributed by atoms with Crippen molar-refractivity contribution in [1.29, 1.82) is 0 Å². The average Bonchev–Trinajstić information content (AvgIpc) is 3.18. The Bertz CT molecular complexity index is 1010. The van der Waals surface area contributed by atoms with E-state index in [4.69, 9.17) is 0 Å². The number of amides is 2. The van der Waals surface area contributed by atoms with Crippen molar-refractivity contribution < 1.29 is 9.59 Å². The van der Waals surface area contributed by atoms with Gasteiger partial charge in [0.1, 0.15) is 17.2 Å². The highest BCUT2D eigenvalue weighted by Gasteiger charge is 2.51. The Kier molecular flexibility index (Phi) is 4.81. The number of imidazole rings is 1. The van der Waals surface area contributed by atoms with E-state index in [2.05, 4.69) is 17.2 Å². The maximum absolute atomic E-state index is 13.1. The summed E-state index contributed by atoms with van der Waals surface area (Å²) in [6, 6.07) is 5.70. The normalized spacial score (nSPS) is 31.9. The molecule has 2 amide bonds. The van der Waals surface area contributed by atoms with Crippen LogP contribution in [-0.4, -0.2) is 39.2 Å². The molecular formula is C26H34N4O2. The molecule has 3 heterocycles. The number of likely N-dealkylation sites (tertiary alicyclic amines) is 1. The first kappa shape index (κ1) is 20.3. The number of piperidine rings is 1. The standard InChI is InChI=1S/C26H34N4O2/c1-17-5-7-29(8-6-17)25(32)21-16-30-22(27-21)3-2-4-23(30)28-24(31)15-26-12-18-9-19(13-26)11-20(10-18)14-26/h2-4,16-20H,5-15H2,1H3,(H,28,31). The van der Waals surface area contributed by atoms with Gasteiger partial charge in [0.2, 0.25) is 5.91 Å². The summed E-state index contributed by atoms with van der Waals surface area (Å²) in [7, 11) is 0. The molecule has 2 aromatic heterocycles. The third kappa shape index (κ3) is 3.61. The first-order chi connectivity index (χ1) is 15.5. The molecule has 0 aromatic carbocycles. The van der Waals surface area contributed by atoms with Crippen molar-refractivity contribution in [2.75, 3.05) is 18.4 Å². The van der Waals surface area contributed by atoms with Crippen LogP contribution in [0.1, 0.15) is 75.2 Å². The second kappa shape index (κ2) is 7.60. The van der Waals surface area contributed by atoms with Crippen molar-refractivity contribution in [3.63, 3.8) is 0 Å². The van der Waals surface area contributed by atoms with Crippen LogP contribution in [-0.2, 0) is 4.79 Å². The van der Waals surface area contributed by atoms with E-state index in [-0.39, 0.29) is 17.2 Å². The van der Waals surface area contributed by atoms with Crippen LogP contribution in [0.15, 0.2) is 24.4 Å². The van der Waals surface area contributed by atoms with Gasteiger partial charge in [-0.2, -0.15) is 0 Å². The zero-order valence-electron chi connectivity index (χ0n) is 19.1. The summed E-state index contributed by atoms with van der Waals surface area (Å²) in [4.78, 5) is 32.6. The van der Waals surface area contributed by atoms with Crippen LogP contribution < -0.4 is 5.32 Å². The lowest BCUT2D eigenvalue weighted by Gasteiger charge is -2.56. The van der Waals surface area contributed by atoms with Crippen molar-refractivity contribution in [2.24, 2.45) is 29.1 Å². The van der Waals surface area contributed by atoms with Crippen LogP contribution in [0, 0.1) is 29.1 Å². The summed E-state index contributed by atoms with van der Waals surface area (Å²) in [5.74, 6) is 4.01. The molecular weight excluding hydrogens is 400 g/mol. The third-order valence-corrected chi connectivity index (χ3v) is 8.75. The Morgan fingerprint density at radius 3 is 2.38 bits per heavy atom. The van der Waals surface area contributed by atoms with Crippen molar-refractivity contribution in [1.82, 2.24) is 14.3 Å². The molecule has 1 N–H and O–H groups in total. The van der Waals surface area contributed by atoms with E-state index in [0.29, 0.717) is 29.5 Å². The molecule has 1 aliphatic heterocycles. The zero-order valence-corrected chi connectivity index (χ0v) is 19.1. The molecule has 5 fully saturated rings. The highest BCUT2D eigenvalue weighted by Crippen LogP contribution is 2.61. The van der Waals surface area contributed by atoms with Crippen molar-refractivity contribution in [2.45, 2.75) is 64.7 Å². The van der Waals surface area contributed by atoms with Crippen LogP contribution in [0.5, 0.6) is 0 Å². The van der Waals surface area contributed by atoms with Crippen LogP contribution >= 0.6 is 0 Å². The van der Waals surface area contributed by atoms with Gasteiger partial charge in [0.25, 0.3) is 5.91 Å². The fraction of sp³-hybridized carbons (Fsp3) is 0.654. The van der Waals surface area contributed by atoms with Crippen LogP contribution in [0.25, 0.3) is 5.65 Å². The summed E-state index contributed by atoms with van der Waals surface area (Å²) in [6.07, 6.45) is 12.4. The molecule has 5 aliphatic rings. The molecule has 4 bridgehead atoms. The molecule has 7 rings (SSSR count). The molecule has 0 spiro atoms. The number of hydrogen-bond acceptors (Lipinski definition) is 3. The summed E-state index contributed by atoms with van der Waals surface area (Å²) >= 11 is 0. The number of rotatable bonds is 4. The van der Waals surface area contributed by atoms with Gasteiger partial charge in [0, 0.05) is 25.7 Å². The molecule has 32 heavy (non-hydrogen) atoms. The maximum atomic E-state index is 13.1. The number of nitrogens with zero attached hydrogens (tertiary/aromatic N) is 3. The van der Waals surface area contributed by atoms with E-state index in [1.165, 1.54) is 38.5 Å². The molecule has 0 unspecified atom stereocenters. The smallest absolute Gasteiger partial charge is 0.274 e. The molecule has 6 nitrogen and oxygen atoms in total. The number of aromatic nitrogens is 2. The van der Waals surface area contributed by atoms with E-state index in [9.17, 15) is 9.59 Å². The molecule has 2 aromatic rings. The number of carbonyl (C=O) groups excluding carboxylic acids is 2. The van der Waals surface area contributed by atoms with Gasteiger partial charge in [-0.15, -0.1) is 0 Å². The fourth-order valence-electron chi connectivity index (χ4n) is 7.62. The number of pyridine rings is 1. The Hall–Kier alpha value is -2.37. The van der Waals surface area contributed by atoms with Gasteiger partial charge in [-0.3, -0.25) is 14.0 Å². The van der Waals surface area contributed by atoms with E-state index in [1.54, 1.807) is 6.20 Å². The average molecular weight is 435 g/mol. The van der Waals surface area contributed by atoms with Gasteiger partial charge >= 0.3 is 0 Å². The van der Waals surface area contributed by atoms with E-state index in [0.717, 1.165) is 43.7 Å². The largest absolute Gasteiger partial charge is 0.337 e. The van der Waals surface area contributed by atoms with E-state index >= 15 is 0 Å². The molecule has 0 atom stereocenters. The number of carbonyl (C=O) groups is 2. The number of nitrogens with one attached hydrogen (secondary N) is 1. The van der Waals surface area contributed by atoms with Gasteiger partial charge in [-0.05, 0) is 92.6 Å². The lowest BCUT2D eigenvalue weighted by Crippen LogP contribution is -2.47. The topological polar surface area (TPSA) is 66.7 Å². The molecule has 1 saturated heterocycles. The Labute approximate surface area is 189 Å². The third-order valence-electron chi connectivity index (χ3n) is 8.75. The van der Waals surface area contributed by atoms with E-state index in [1.807, 2.05) is 27.5 Å². The van der Waals surface area contributed by atoms with Gasteiger partial charge in [0.15, 0.2) is 0 Å². The number of hydrogen-bond donors (Lipinski definition) is 1. The van der Waals surface area contributed by atoms with Gasteiger partial charge in [0.05, 0.1) is 0 Å². The lowest BCUT2D eigenvalue weighted by atomic mass is 9.49. The summed E-state index contributed by atoms with van der Waals surface area (Å²) in [5, 5.41) is 3.16. The van der Waals surface area contributed by atoms with E-state index < -0.39 is 0 Å². The van der Waals surface area contributed by atoms with Crippen molar-refractivity contribution >= 4 is 23.3 Å². The van der Waals surface area contributed by atoms with Crippen molar-refractivity contribution in [3.05, 3.63) is 30.1 Å². The highest BCUT2D eigenvalue weighted by atomic mass is 16.2. The minimum atomic E-state index is -0.00792. The van der Waals surface area contributed by atoms with Crippen LogP contribution in [0.2, 0.25) is 0 Å². The molecule has 4 saturated carbocycles. The number of anilines is 1. The maximum Gasteiger partial charge on any atom is 0.274 e. The summed E-state index contributed by atoms with van der Waals surface area (Å²) < 4.78 is 1.86. The lowest BCUT2D eigenvalue weighted by molar-refractivity contribution is -0.124. The Morgan fingerprint density at radius 1 is 1.06 bits per heavy atom. The second-order valence-corrected chi connectivity index (χ2v) is 11.4. The summed E-state index contributed by atoms with van der Waals surface area (Å²) in [6.45, 7) is 3.83. The number of fused-ring (bicyclic) bond motifs is 1. The molecule has 4 aliphatic carbocycles. The van der Waals surface area contributed by atoms with Gasteiger partial charge < -0.3 is 10.2 Å². The van der Waals surface area contributed by atoms with Crippen molar-refractivity contribution in [3.8, 4) is 0 Å². The summed E-state index contributed by atoms with van der Waals surface area (Å²) in [5.41, 5.74) is 1.38. The predicted octanol–water partition coefficient (Wildman–Crippen LogP) is 4.75. The molecule has 170 valence electrons. The first-order valence-corrected chi connectivity index (χ1v) is 12.5. The second-order valence-electron chi connectivity index (χ2n) is 11.4. The van der Waals surface area contributed by atoms with Gasteiger partial charge in [-0.1, -0.05) is 13.0 Å². The Morgan fingerprint density at radius 2 is 1.72 bits per heavy atom. The monoisotopic (exact) mass is 434 g/mol. The molecule has 6 heteroatoms. The van der Waals surface area contributed by atoms with Gasteiger partial charge in [-0.25, -0.2) is 4.98 Å². The minimum Gasteiger partial charge on any atom is -0.337 e. The first-order valence-electron chi connectivity index (χ1n) is 12.5. The predicted molar refractivity (Wildman–Crippen MR) is 123 cm³/mol. The molecule has 0 radical (unpaired) electrons. The minimum absolute atomic E-state index is 0.00792. The highest BCUT2D eigenvalue weighted by molar-refractivity contribution is 5.94. The SMILES string of the molecule is CC1CCN(C(=O)c2cn3c(NC(=O)CC45CC6CC(CC(C6)C4)C5)cccc3n2)CC1. The van der Waals surface area contributed by atoms with Crippen LogP contribution in [0.3, 0.4) is 0 Å². The fourth-order valence-corrected chi connectivity index (χ4v) is 7.62. The zero-order chi connectivity index (χ0) is 21.9. The van der Waals surface area contributed by atoms with Crippen LogP contribution in [0.4, 0.5) is 5.82 Å².